The molecule has 1 aromatic heterocycles. The number of halogens is 2. The van der Waals surface area contributed by atoms with Crippen LogP contribution in [0.1, 0.15) is 38.9 Å². The van der Waals surface area contributed by atoms with Crippen molar-refractivity contribution >= 4 is 12.4 Å². The molecule has 0 radical (unpaired) electrons. The van der Waals surface area contributed by atoms with Crippen molar-refractivity contribution in [2.24, 2.45) is 11.1 Å². The number of hydrogen-bond donors (Lipinski definition) is 1. The Morgan fingerprint density at radius 2 is 2.16 bits per heavy atom. The molecule has 1 heterocycles. The second-order valence-corrected chi connectivity index (χ2v) is 6.60. The Morgan fingerprint density at radius 1 is 1.40 bits per heavy atom. The third-order valence-corrected chi connectivity index (χ3v) is 4.84. The normalized spacial score (nSPS) is 24.3. The third kappa shape index (κ3) is 3.49. The Bertz CT molecular complexity index is 725. The molecule has 0 spiro atoms. The topological polar surface area (TPSA) is 83.4 Å². The minimum Gasteiger partial charge on any atom is -0.485 e. The van der Waals surface area contributed by atoms with Crippen LogP contribution in [0.3, 0.4) is 0 Å². The van der Waals surface area contributed by atoms with Gasteiger partial charge in [0.15, 0.2) is 6.61 Å². The van der Waals surface area contributed by atoms with E-state index in [0.29, 0.717) is 30.5 Å². The Hall–Kier alpha value is -1.70. The van der Waals surface area contributed by atoms with Crippen molar-refractivity contribution in [1.82, 2.24) is 10.1 Å². The van der Waals surface area contributed by atoms with Crippen molar-refractivity contribution in [2.75, 3.05) is 6.61 Å². The zero-order chi connectivity index (χ0) is 17.4. The summed E-state index contributed by atoms with van der Waals surface area (Å²) in [7, 11) is 0. The minimum atomic E-state index is -0.725. The number of hydrogen-bond acceptors (Lipinski definition) is 6. The molecule has 3 rings (SSSR count). The van der Waals surface area contributed by atoms with E-state index >= 15 is 0 Å². The zero-order valence-corrected chi connectivity index (χ0v) is 15.3. The molecule has 2 unspecified atom stereocenters. The smallest absolute Gasteiger partial charge is 0.247 e. The maximum absolute atomic E-state index is 13.1. The fraction of sp³-hybridized carbons (Fsp3) is 0.529. The van der Waals surface area contributed by atoms with Crippen LogP contribution in [0.2, 0.25) is 0 Å². The maximum atomic E-state index is 13.1. The summed E-state index contributed by atoms with van der Waals surface area (Å²) < 4.78 is 29.7. The standard InChI is InChI=1S/C17H22FN3O3.ClH/c1-4-22-13-9-17(19,16(13,2)3)15-20-14(21-24-15)10-23-12-7-5-6-11(18)8-12;/h5-8,13H,4,9-10,19H2,1-3H3;1H. The molecule has 0 amide bonds. The van der Waals surface area contributed by atoms with Gasteiger partial charge in [-0.2, -0.15) is 4.98 Å². The van der Waals surface area contributed by atoms with Gasteiger partial charge in [0.2, 0.25) is 11.7 Å². The number of aromatic nitrogens is 2. The molecule has 2 atom stereocenters. The quantitative estimate of drug-likeness (QED) is 0.839. The van der Waals surface area contributed by atoms with Crippen molar-refractivity contribution in [3.8, 4) is 5.75 Å². The molecule has 8 heteroatoms. The Morgan fingerprint density at radius 3 is 2.80 bits per heavy atom. The largest absolute Gasteiger partial charge is 0.485 e. The number of rotatable bonds is 6. The van der Waals surface area contributed by atoms with Crippen LogP contribution in [0, 0.1) is 11.2 Å². The second kappa shape index (κ2) is 7.27. The fourth-order valence-electron chi connectivity index (χ4n) is 3.00. The molecule has 138 valence electrons. The highest BCUT2D eigenvalue weighted by atomic mass is 35.5. The van der Waals surface area contributed by atoms with Crippen LogP contribution in [0.15, 0.2) is 28.8 Å². The van der Waals surface area contributed by atoms with Crippen molar-refractivity contribution in [1.29, 1.82) is 0 Å². The highest BCUT2D eigenvalue weighted by Crippen LogP contribution is 2.55. The van der Waals surface area contributed by atoms with Crippen LogP contribution in [-0.2, 0) is 16.9 Å². The molecule has 0 bridgehead atoms. The average Bonchev–Trinajstić information content (AvgIpc) is 3.02. The molecule has 1 fully saturated rings. The minimum absolute atomic E-state index is 0. The second-order valence-electron chi connectivity index (χ2n) is 6.60. The van der Waals surface area contributed by atoms with Crippen molar-refractivity contribution < 1.29 is 18.4 Å². The molecule has 2 aromatic rings. The summed E-state index contributed by atoms with van der Waals surface area (Å²) in [6.45, 7) is 6.74. The lowest BCUT2D eigenvalue weighted by atomic mass is 9.54. The van der Waals surface area contributed by atoms with Gasteiger partial charge in [-0.05, 0) is 19.1 Å². The molecule has 1 aliphatic rings. The van der Waals surface area contributed by atoms with Crippen LogP contribution < -0.4 is 10.5 Å². The first-order valence-electron chi connectivity index (χ1n) is 7.98. The molecule has 25 heavy (non-hydrogen) atoms. The van der Waals surface area contributed by atoms with Crippen LogP contribution in [0.4, 0.5) is 4.39 Å². The van der Waals surface area contributed by atoms with Crippen LogP contribution >= 0.6 is 12.4 Å². The maximum Gasteiger partial charge on any atom is 0.247 e. The first-order chi connectivity index (χ1) is 11.4. The lowest BCUT2D eigenvalue weighted by Crippen LogP contribution is -2.67. The van der Waals surface area contributed by atoms with Crippen LogP contribution in [0.25, 0.3) is 0 Å². The summed E-state index contributed by atoms with van der Waals surface area (Å²) in [5.41, 5.74) is 5.46. The van der Waals surface area contributed by atoms with Crippen molar-refractivity contribution in [3.05, 3.63) is 41.8 Å². The van der Waals surface area contributed by atoms with E-state index in [9.17, 15) is 4.39 Å². The average molecular weight is 372 g/mol. The van der Waals surface area contributed by atoms with E-state index in [1.807, 2.05) is 20.8 Å². The summed E-state index contributed by atoms with van der Waals surface area (Å²) in [6, 6.07) is 5.89. The SMILES string of the molecule is CCOC1CC(N)(c2nc(COc3cccc(F)c3)no2)C1(C)C.Cl. The van der Waals surface area contributed by atoms with E-state index in [1.54, 1.807) is 12.1 Å². The summed E-state index contributed by atoms with van der Waals surface area (Å²) in [6.07, 6.45) is 0.687. The van der Waals surface area contributed by atoms with Crippen LogP contribution in [0.5, 0.6) is 5.75 Å². The van der Waals surface area contributed by atoms with Gasteiger partial charge in [0.25, 0.3) is 0 Å². The Kier molecular flexibility index (Phi) is 5.71. The van der Waals surface area contributed by atoms with Gasteiger partial charge in [0, 0.05) is 24.5 Å². The molecular weight excluding hydrogens is 349 g/mol. The van der Waals surface area contributed by atoms with E-state index in [-0.39, 0.29) is 36.4 Å². The van der Waals surface area contributed by atoms with Crippen molar-refractivity contribution in [3.63, 3.8) is 0 Å². The van der Waals surface area contributed by atoms with Gasteiger partial charge < -0.3 is 19.7 Å². The zero-order valence-electron chi connectivity index (χ0n) is 14.5. The van der Waals surface area contributed by atoms with Gasteiger partial charge in [-0.15, -0.1) is 12.4 Å². The fourth-order valence-corrected chi connectivity index (χ4v) is 3.00. The number of ether oxygens (including phenoxy) is 2. The van der Waals surface area contributed by atoms with Gasteiger partial charge >= 0.3 is 0 Å². The molecule has 0 saturated heterocycles. The molecule has 6 nitrogen and oxygen atoms in total. The van der Waals surface area contributed by atoms with E-state index in [4.69, 9.17) is 19.7 Å². The van der Waals surface area contributed by atoms with Crippen LogP contribution in [-0.4, -0.2) is 22.9 Å². The third-order valence-electron chi connectivity index (χ3n) is 4.84. The Balaban J connectivity index is 0.00000225. The lowest BCUT2D eigenvalue weighted by Gasteiger charge is -2.56. The van der Waals surface area contributed by atoms with E-state index in [2.05, 4.69) is 10.1 Å². The predicted octanol–water partition coefficient (Wildman–Crippen LogP) is 3.20. The lowest BCUT2D eigenvalue weighted by molar-refractivity contribution is -0.162. The molecular formula is C17H23ClFN3O3. The summed E-state index contributed by atoms with van der Waals surface area (Å²) in [4.78, 5) is 4.35. The van der Waals surface area contributed by atoms with Gasteiger partial charge in [-0.25, -0.2) is 4.39 Å². The first kappa shape index (κ1) is 19.6. The van der Waals surface area contributed by atoms with E-state index in [1.165, 1.54) is 12.1 Å². The number of nitrogens with two attached hydrogens (primary N) is 1. The Labute approximate surface area is 152 Å². The first-order valence-corrected chi connectivity index (χ1v) is 7.98. The molecule has 0 aliphatic heterocycles. The highest BCUT2D eigenvalue weighted by Gasteiger charge is 2.62. The van der Waals surface area contributed by atoms with E-state index in [0.717, 1.165) is 0 Å². The highest BCUT2D eigenvalue weighted by molar-refractivity contribution is 5.85. The van der Waals surface area contributed by atoms with E-state index < -0.39 is 5.54 Å². The van der Waals surface area contributed by atoms with Gasteiger partial charge in [0.1, 0.15) is 17.1 Å². The predicted molar refractivity (Wildman–Crippen MR) is 92.0 cm³/mol. The summed E-state index contributed by atoms with van der Waals surface area (Å²) in [5.74, 6) is 0.792. The summed E-state index contributed by atoms with van der Waals surface area (Å²) >= 11 is 0. The molecule has 1 aromatic carbocycles. The van der Waals surface area contributed by atoms with Gasteiger partial charge in [0.05, 0.1) is 6.10 Å². The molecule has 1 aliphatic carbocycles. The number of nitrogens with zero attached hydrogens (tertiary/aromatic N) is 2. The van der Waals surface area contributed by atoms with Gasteiger partial charge in [-0.1, -0.05) is 25.1 Å². The molecule has 2 N–H and O–H groups in total. The van der Waals surface area contributed by atoms with Crippen molar-refractivity contribution in [2.45, 2.75) is 45.4 Å². The molecule has 1 saturated carbocycles. The number of benzene rings is 1. The van der Waals surface area contributed by atoms with Gasteiger partial charge in [-0.3, -0.25) is 0 Å². The summed E-state index contributed by atoms with van der Waals surface area (Å²) in [5, 5.41) is 3.91. The monoisotopic (exact) mass is 371 g/mol.